The van der Waals surface area contributed by atoms with Crippen molar-refractivity contribution in [2.45, 2.75) is 65.0 Å². The Bertz CT molecular complexity index is 460. The van der Waals surface area contributed by atoms with Crippen LogP contribution in [0, 0.1) is 13.8 Å². The molecule has 0 bridgehead atoms. The molecule has 1 aromatic carbocycles. The van der Waals surface area contributed by atoms with Gasteiger partial charge in [0.25, 0.3) is 0 Å². The Labute approximate surface area is 129 Å². The molecule has 0 saturated carbocycles. The van der Waals surface area contributed by atoms with Gasteiger partial charge in [-0.2, -0.15) is 0 Å². The number of nitrogens with zero attached hydrogens (tertiary/aromatic N) is 1. The van der Waals surface area contributed by atoms with E-state index in [1.807, 2.05) is 0 Å². The molecule has 118 valence electrons. The van der Waals surface area contributed by atoms with Crippen LogP contribution in [0.1, 0.15) is 62.3 Å². The Hall–Kier alpha value is -0.900. The number of hydrogen-bond acceptors (Lipinski definition) is 3. The lowest BCUT2D eigenvalue weighted by atomic mass is 9.79. The van der Waals surface area contributed by atoms with Gasteiger partial charge in [-0.3, -0.25) is 16.2 Å². The first-order chi connectivity index (χ1) is 10.1. The van der Waals surface area contributed by atoms with Crippen molar-refractivity contribution in [1.29, 1.82) is 0 Å². The largest absolute Gasteiger partial charge is 0.296 e. The summed E-state index contributed by atoms with van der Waals surface area (Å²) in [5, 5.41) is 0. The zero-order valence-electron chi connectivity index (χ0n) is 14.1. The molecule has 1 unspecified atom stereocenters. The van der Waals surface area contributed by atoms with Gasteiger partial charge in [0.05, 0.1) is 6.04 Å². The average Bonchev–Trinajstić information content (AvgIpc) is 3.02. The predicted molar refractivity (Wildman–Crippen MR) is 90.1 cm³/mol. The van der Waals surface area contributed by atoms with Crippen molar-refractivity contribution in [1.82, 2.24) is 10.3 Å². The lowest BCUT2D eigenvalue weighted by Gasteiger charge is -2.47. The highest BCUT2D eigenvalue weighted by molar-refractivity contribution is 5.33. The number of nitrogens with one attached hydrogen (secondary N) is 1. The monoisotopic (exact) mass is 289 g/mol. The van der Waals surface area contributed by atoms with Crippen molar-refractivity contribution in [2.75, 3.05) is 13.1 Å². The summed E-state index contributed by atoms with van der Waals surface area (Å²) in [5.41, 5.74) is 7.26. The van der Waals surface area contributed by atoms with Gasteiger partial charge in [-0.1, -0.05) is 32.0 Å². The minimum atomic E-state index is 0.118. The zero-order chi connectivity index (χ0) is 15.5. The number of aryl methyl sites for hydroxylation is 2. The van der Waals surface area contributed by atoms with Crippen molar-refractivity contribution in [2.24, 2.45) is 5.84 Å². The zero-order valence-corrected chi connectivity index (χ0v) is 14.1. The van der Waals surface area contributed by atoms with Crippen LogP contribution in [-0.2, 0) is 0 Å². The highest BCUT2D eigenvalue weighted by Crippen LogP contribution is 2.39. The molecule has 0 amide bonds. The maximum Gasteiger partial charge on any atom is 0.0643 e. The van der Waals surface area contributed by atoms with Crippen molar-refractivity contribution < 1.29 is 0 Å². The van der Waals surface area contributed by atoms with E-state index in [0.717, 1.165) is 12.8 Å². The quantitative estimate of drug-likeness (QED) is 0.622. The Morgan fingerprint density at radius 2 is 1.76 bits per heavy atom. The Morgan fingerprint density at radius 3 is 2.24 bits per heavy atom. The summed E-state index contributed by atoms with van der Waals surface area (Å²) < 4.78 is 0. The highest BCUT2D eigenvalue weighted by atomic mass is 15.3. The van der Waals surface area contributed by atoms with E-state index >= 15 is 0 Å². The summed E-state index contributed by atoms with van der Waals surface area (Å²) in [6, 6.07) is 6.94. The number of benzene rings is 1. The average molecular weight is 289 g/mol. The van der Waals surface area contributed by atoms with E-state index in [1.54, 1.807) is 0 Å². The van der Waals surface area contributed by atoms with E-state index in [-0.39, 0.29) is 11.6 Å². The Morgan fingerprint density at radius 1 is 1.14 bits per heavy atom. The predicted octanol–water partition coefficient (Wildman–Crippen LogP) is 3.46. The van der Waals surface area contributed by atoms with Crippen LogP contribution in [0.5, 0.6) is 0 Å². The molecule has 1 aliphatic heterocycles. The van der Waals surface area contributed by atoms with Crippen LogP contribution in [-0.4, -0.2) is 23.5 Å². The second kappa shape index (κ2) is 6.91. The van der Waals surface area contributed by atoms with Crippen LogP contribution in [0.25, 0.3) is 0 Å². The van der Waals surface area contributed by atoms with E-state index in [0.29, 0.717) is 0 Å². The van der Waals surface area contributed by atoms with Gasteiger partial charge in [-0.15, -0.1) is 0 Å². The van der Waals surface area contributed by atoms with E-state index in [1.165, 1.54) is 42.6 Å². The molecule has 1 aromatic rings. The van der Waals surface area contributed by atoms with Crippen LogP contribution in [0.3, 0.4) is 0 Å². The molecule has 1 heterocycles. The third-order valence-electron chi connectivity index (χ3n) is 5.53. The molecule has 1 fully saturated rings. The molecule has 0 aliphatic carbocycles. The van der Waals surface area contributed by atoms with Gasteiger partial charge in [-0.05, 0) is 69.3 Å². The smallest absolute Gasteiger partial charge is 0.0643 e. The SMILES string of the molecule is CCC(CC)(C(NN)c1ccc(C)c(C)c1)N1CCCC1. The van der Waals surface area contributed by atoms with Gasteiger partial charge in [0.2, 0.25) is 0 Å². The van der Waals surface area contributed by atoms with Gasteiger partial charge in [0.15, 0.2) is 0 Å². The number of hydrogen-bond donors (Lipinski definition) is 2. The van der Waals surface area contributed by atoms with Gasteiger partial charge >= 0.3 is 0 Å². The number of rotatable bonds is 6. The Balaban J connectivity index is 2.41. The first-order valence-electron chi connectivity index (χ1n) is 8.37. The number of hydrazine groups is 1. The van der Waals surface area contributed by atoms with Gasteiger partial charge in [0.1, 0.15) is 0 Å². The molecule has 3 nitrogen and oxygen atoms in total. The summed E-state index contributed by atoms with van der Waals surface area (Å²) in [5.74, 6) is 6.02. The first kappa shape index (κ1) is 16.5. The van der Waals surface area contributed by atoms with Crippen molar-refractivity contribution >= 4 is 0 Å². The fourth-order valence-corrected chi connectivity index (χ4v) is 3.96. The fourth-order valence-electron chi connectivity index (χ4n) is 3.96. The molecule has 3 heteroatoms. The number of likely N-dealkylation sites (tertiary alicyclic amines) is 1. The van der Waals surface area contributed by atoms with Gasteiger partial charge < -0.3 is 0 Å². The lowest BCUT2D eigenvalue weighted by Crippen LogP contribution is -2.56. The minimum Gasteiger partial charge on any atom is -0.296 e. The van der Waals surface area contributed by atoms with Crippen molar-refractivity contribution in [3.63, 3.8) is 0 Å². The minimum absolute atomic E-state index is 0.118. The third-order valence-corrected chi connectivity index (χ3v) is 5.53. The van der Waals surface area contributed by atoms with Gasteiger partial charge in [0, 0.05) is 5.54 Å². The van der Waals surface area contributed by atoms with Crippen LogP contribution in [0.15, 0.2) is 18.2 Å². The summed E-state index contributed by atoms with van der Waals surface area (Å²) in [7, 11) is 0. The maximum atomic E-state index is 6.02. The number of nitrogens with two attached hydrogens (primary N) is 1. The van der Waals surface area contributed by atoms with E-state index in [9.17, 15) is 0 Å². The second-order valence-corrected chi connectivity index (χ2v) is 6.45. The molecule has 0 spiro atoms. The standard InChI is InChI=1S/C18H31N3/c1-5-18(6-2,21-11-7-8-12-21)17(20-19)16-10-9-14(3)15(4)13-16/h9-10,13,17,20H,5-8,11-12,19H2,1-4H3. The van der Waals surface area contributed by atoms with Crippen LogP contribution in [0.4, 0.5) is 0 Å². The maximum absolute atomic E-state index is 6.02. The van der Waals surface area contributed by atoms with Crippen LogP contribution in [0.2, 0.25) is 0 Å². The summed E-state index contributed by atoms with van der Waals surface area (Å²) in [6.07, 6.45) is 4.86. The van der Waals surface area contributed by atoms with E-state index in [4.69, 9.17) is 5.84 Å². The molecule has 0 radical (unpaired) electrons. The summed E-state index contributed by atoms with van der Waals surface area (Å²) >= 11 is 0. The van der Waals surface area contributed by atoms with Crippen molar-refractivity contribution in [3.05, 3.63) is 34.9 Å². The molecule has 2 rings (SSSR count). The Kier molecular flexibility index (Phi) is 5.42. The van der Waals surface area contributed by atoms with Crippen LogP contribution < -0.4 is 11.3 Å². The second-order valence-electron chi connectivity index (χ2n) is 6.45. The van der Waals surface area contributed by atoms with Crippen LogP contribution >= 0.6 is 0 Å². The molecule has 1 saturated heterocycles. The lowest BCUT2D eigenvalue weighted by molar-refractivity contribution is 0.0616. The normalized spacial score (nSPS) is 18.1. The molecular formula is C18H31N3. The van der Waals surface area contributed by atoms with E-state index < -0.39 is 0 Å². The molecule has 0 aromatic heterocycles. The summed E-state index contributed by atoms with van der Waals surface area (Å²) in [4.78, 5) is 2.66. The van der Waals surface area contributed by atoms with Crippen molar-refractivity contribution in [3.8, 4) is 0 Å². The summed E-state index contributed by atoms with van der Waals surface area (Å²) in [6.45, 7) is 11.3. The fraction of sp³-hybridized carbons (Fsp3) is 0.667. The molecule has 1 aliphatic rings. The first-order valence-corrected chi connectivity index (χ1v) is 8.37. The van der Waals surface area contributed by atoms with E-state index in [2.05, 4.69) is 56.2 Å². The molecule has 3 N–H and O–H groups in total. The molecular weight excluding hydrogens is 258 g/mol. The van der Waals surface area contributed by atoms with Gasteiger partial charge in [-0.25, -0.2) is 0 Å². The topological polar surface area (TPSA) is 41.3 Å². The highest BCUT2D eigenvalue weighted by Gasteiger charge is 2.42. The third kappa shape index (κ3) is 3.01. The molecule has 21 heavy (non-hydrogen) atoms. The molecule has 1 atom stereocenters.